The predicted octanol–water partition coefficient (Wildman–Crippen LogP) is 1.98. The number of carbonyl (C=O) groups is 2. The second-order valence-corrected chi connectivity index (χ2v) is 6.74. The van der Waals surface area contributed by atoms with Crippen LogP contribution in [0.5, 0.6) is 0 Å². The normalized spacial score (nSPS) is 31.2. The number of rotatable bonds is 4. The van der Waals surface area contributed by atoms with Gasteiger partial charge >= 0.3 is 11.9 Å². The summed E-state index contributed by atoms with van der Waals surface area (Å²) in [7, 11) is 0. The lowest BCUT2D eigenvalue weighted by molar-refractivity contribution is -0.147. The Morgan fingerprint density at radius 2 is 2.12 bits per heavy atom. The van der Waals surface area contributed by atoms with Crippen molar-refractivity contribution in [2.45, 2.75) is 45.3 Å². The van der Waals surface area contributed by atoms with Gasteiger partial charge < -0.3 is 19.7 Å². The van der Waals surface area contributed by atoms with Crippen molar-refractivity contribution in [3.63, 3.8) is 0 Å². The molecule has 2 N–H and O–H groups in total. The Labute approximate surface area is 153 Å². The zero-order chi connectivity index (χ0) is 19.3. The SMILES string of the molecule is C=C1C(=O)O[C@H]2/C=C(\C)CC/C=C(\C)CC(OC(=O)/C(=C/CO)CO)[C@@H]12. The molecule has 0 aromatic carbocycles. The van der Waals surface area contributed by atoms with Crippen molar-refractivity contribution >= 4 is 11.9 Å². The van der Waals surface area contributed by atoms with Gasteiger partial charge in [0.25, 0.3) is 0 Å². The number of allylic oxidation sites excluding steroid dienone is 2. The van der Waals surface area contributed by atoms with Crippen LogP contribution in [-0.2, 0) is 19.1 Å². The standard InChI is InChI=1S/C20H26O6/c1-12-5-4-6-13(2)10-17(26-20(24)15(11-22)7-8-21)18-14(3)19(23)25-16(18)9-12/h6-7,9,16-18,21-22H,3-5,8,10-11H2,1-2H3/b12-9+,13-6+,15-7+/t16-,17?,18-/m0/s1. The summed E-state index contributed by atoms with van der Waals surface area (Å²) in [6, 6.07) is 0. The number of aliphatic hydroxyl groups is 2. The van der Waals surface area contributed by atoms with Crippen LogP contribution in [0, 0.1) is 5.92 Å². The van der Waals surface area contributed by atoms with Crippen molar-refractivity contribution in [1.82, 2.24) is 0 Å². The van der Waals surface area contributed by atoms with Crippen LogP contribution in [0.2, 0.25) is 0 Å². The molecule has 0 amide bonds. The van der Waals surface area contributed by atoms with Crippen LogP contribution < -0.4 is 0 Å². The third-order valence-corrected chi connectivity index (χ3v) is 4.69. The fourth-order valence-electron chi connectivity index (χ4n) is 3.27. The molecule has 2 rings (SSSR count). The number of ether oxygens (including phenoxy) is 2. The molecule has 0 radical (unpaired) electrons. The summed E-state index contributed by atoms with van der Waals surface area (Å²) in [5, 5.41) is 18.3. The second kappa shape index (κ2) is 8.96. The molecule has 0 saturated carbocycles. The van der Waals surface area contributed by atoms with E-state index in [2.05, 4.69) is 12.7 Å². The van der Waals surface area contributed by atoms with Gasteiger partial charge in [0, 0.05) is 12.0 Å². The molecule has 142 valence electrons. The lowest BCUT2D eigenvalue weighted by atomic mass is 9.85. The van der Waals surface area contributed by atoms with E-state index in [-0.39, 0.29) is 17.8 Å². The number of esters is 2. The fraction of sp³-hybridized carbons (Fsp3) is 0.500. The van der Waals surface area contributed by atoms with Gasteiger partial charge in [-0.25, -0.2) is 9.59 Å². The summed E-state index contributed by atoms with van der Waals surface area (Å²) >= 11 is 0. The molecule has 1 heterocycles. The van der Waals surface area contributed by atoms with Gasteiger partial charge in [0.05, 0.1) is 24.7 Å². The maximum atomic E-state index is 12.4. The van der Waals surface area contributed by atoms with E-state index in [9.17, 15) is 14.7 Å². The van der Waals surface area contributed by atoms with E-state index < -0.39 is 36.7 Å². The molecule has 1 aliphatic heterocycles. The first kappa shape index (κ1) is 20.1. The Balaban J connectivity index is 2.36. The summed E-state index contributed by atoms with van der Waals surface area (Å²) in [6.45, 7) is 6.85. The van der Waals surface area contributed by atoms with Gasteiger partial charge in [0.15, 0.2) is 0 Å². The Bertz CT molecular complexity index is 670. The van der Waals surface area contributed by atoms with Crippen LogP contribution in [0.25, 0.3) is 0 Å². The molecule has 1 saturated heterocycles. The molecule has 2 aliphatic rings. The molecule has 0 spiro atoms. The van der Waals surface area contributed by atoms with Crippen LogP contribution in [0.1, 0.15) is 33.1 Å². The van der Waals surface area contributed by atoms with E-state index >= 15 is 0 Å². The highest BCUT2D eigenvalue weighted by Crippen LogP contribution is 2.36. The summed E-state index contributed by atoms with van der Waals surface area (Å²) in [5.41, 5.74) is 2.39. The minimum Gasteiger partial charge on any atom is -0.458 e. The Morgan fingerprint density at radius 3 is 2.77 bits per heavy atom. The quantitative estimate of drug-likeness (QED) is 0.451. The third kappa shape index (κ3) is 4.71. The summed E-state index contributed by atoms with van der Waals surface area (Å²) in [4.78, 5) is 24.4. The third-order valence-electron chi connectivity index (χ3n) is 4.69. The lowest BCUT2D eigenvalue weighted by Crippen LogP contribution is -2.34. The largest absolute Gasteiger partial charge is 0.458 e. The Kier molecular flexibility index (Phi) is 6.94. The average Bonchev–Trinajstić information content (AvgIpc) is 2.85. The summed E-state index contributed by atoms with van der Waals surface area (Å²) in [5.74, 6) is -1.70. The molecular weight excluding hydrogens is 336 g/mol. The smallest absolute Gasteiger partial charge is 0.336 e. The van der Waals surface area contributed by atoms with Crippen molar-refractivity contribution in [3.05, 3.63) is 47.1 Å². The van der Waals surface area contributed by atoms with E-state index in [0.717, 1.165) is 24.0 Å². The molecule has 1 aliphatic carbocycles. The van der Waals surface area contributed by atoms with Gasteiger partial charge in [-0.3, -0.25) is 0 Å². The van der Waals surface area contributed by atoms with Crippen LogP contribution in [-0.4, -0.2) is 47.6 Å². The van der Waals surface area contributed by atoms with Gasteiger partial charge in [-0.05, 0) is 38.8 Å². The van der Waals surface area contributed by atoms with Gasteiger partial charge in [-0.2, -0.15) is 0 Å². The van der Waals surface area contributed by atoms with Crippen LogP contribution in [0.15, 0.2) is 47.1 Å². The highest BCUT2D eigenvalue weighted by molar-refractivity contribution is 5.92. The molecule has 0 aromatic heterocycles. The monoisotopic (exact) mass is 362 g/mol. The number of carbonyl (C=O) groups excluding carboxylic acids is 2. The topological polar surface area (TPSA) is 93.1 Å². The maximum absolute atomic E-state index is 12.4. The average molecular weight is 362 g/mol. The first-order valence-corrected chi connectivity index (χ1v) is 8.71. The van der Waals surface area contributed by atoms with Crippen LogP contribution in [0.3, 0.4) is 0 Å². The zero-order valence-electron chi connectivity index (χ0n) is 15.2. The van der Waals surface area contributed by atoms with Crippen LogP contribution >= 0.6 is 0 Å². The van der Waals surface area contributed by atoms with E-state index in [4.69, 9.17) is 14.6 Å². The van der Waals surface area contributed by atoms with Gasteiger partial charge in [-0.15, -0.1) is 0 Å². The molecule has 1 fully saturated rings. The minimum atomic E-state index is -0.719. The minimum absolute atomic E-state index is 0.0228. The first-order valence-electron chi connectivity index (χ1n) is 8.71. The Morgan fingerprint density at radius 1 is 1.38 bits per heavy atom. The van der Waals surface area contributed by atoms with Crippen molar-refractivity contribution in [2.24, 2.45) is 5.92 Å². The first-order chi connectivity index (χ1) is 12.4. The van der Waals surface area contributed by atoms with E-state index in [1.54, 1.807) is 0 Å². The number of hydrogen-bond donors (Lipinski definition) is 2. The van der Waals surface area contributed by atoms with Gasteiger partial charge in [-0.1, -0.05) is 23.8 Å². The van der Waals surface area contributed by atoms with Gasteiger partial charge in [0.1, 0.15) is 12.2 Å². The fourth-order valence-corrected chi connectivity index (χ4v) is 3.27. The molecule has 0 bridgehead atoms. The highest BCUT2D eigenvalue weighted by Gasteiger charge is 2.44. The van der Waals surface area contributed by atoms with Crippen molar-refractivity contribution in [1.29, 1.82) is 0 Å². The number of aliphatic hydroxyl groups excluding tert-OH is 2. The molecule has 6 nitrogen and oxygen atoms in total. The van der Waals surface area contributed by atoms with Crippen molar-refractivity contribution < 1.29 is 29.3 Å². The molecule has 6 heteroatoms. The van der Waals surface area contributed by atoms with E-state index in [0.29, 0.717) is 6.42 Å². The Hall–Kier alpha value is -2.18. The molecule has 3 atom stereocenters. The number of hydrogen-bond acceptors (Lipinski definition) is 6. The maximum Gasteiger partial charge on any atom is 0.336 e. The molecule has 1 unspecified atom stereocenters. The predicted molar refractivity (Wildman–Crippen MR) is 96.0 cm³/mol. The van der Waals surface area contributed by atoms with Crippen molar-refractivity contribution in [3.8, 4) is 0 Å². The van der Waals surface area contributed by atoms with Crippen molar-refractivity contribution in [2.75, 3.05) is 13.2 Å². The lowest BCUT2D eigenvalue weighted by Gasteiger charge is -2.27. The molecule has 0 aromatic rings. The second-order valence-electron chi connectivity index (χ2n) is 6.74. The summed E-state index contributed by atoms with van der Waals surface area (Å²) < 4.78 is 11.1. The zero-order valence-corrected chi connectivity index (χ0v) is 15.2. The van der Waals surface area contributed by atoms with E-state index in [1.807, 2.05) is 19.9 Å². The highest BCUT2D eigenvalue weighted by atomic mass is 16.6. The molecule has 26 heavy (non-hydrogen) atoms. The van der Waals surface area contributed by atoms with E-state index in [1.165, 1.54) is 6.08 Å². The van der Waals surface area contributed by atoms with Gasteiger partial charge in [0.2, 0.25) is 0 Å². The summed E-state index contributed by atoms with van der Waals surface area (Å²) in [6.07, 6.45) is 6.17. The van der Waals surface area contributed by atoms with Crippen LogP contribution in [0.4, 0.5) is 0 Å². The number of fused-ring (bicyclic) bond motifs is 1. The molecular formula is C20H26O6.